The number of nitrogens with two attached hydrogens (primary N) is 2. The van der Waals surface area contributed by atoms with Gasteiger partial charge in [0.2, 0.25) is 5.95 Å². The van der Waals surface area contributed by atoms with Gasteiger partial charge < -0.3 is 11.5 Å². The number of carbonyl (C=O) groups is 1. The summed E-state index contributed by atoms with van der Waals surface area (Å²) in [5, 5.41) is 0. The Kier molecular flexibility index (Phi) is 4.90. The molecule has 158 valence electrons. The van der Waals surface area contributed by atoms with E-state index in [4.69, 9.17) is 11.5 Å². The van der Waals surface area contributed by atoms with Crippen LogP contribution in [0.3, 0.4) is 0 Å². The zero-order valence-corrected chi connectivity index (χ0v) is 16.6. The van der Waals surface area contributed by atoms with Crippen molar-refractivity contribution < 1.29 is 9.18 Å². The van der Waals surface area contributed by atoms with E-state index in [2.05, 4.69) is 4.98 Å². The fourth-order valence-corrected chi connectivity index (χ4v) is 3.43. The summed E-state index contributed by atoms with van der Waals surface area (Å²) in [6.45, 7) is -0.399. The summed E-state index contributed by atoms with van der Waals surface area (Å²) in [5.74, 6) is -1.14. The second-order valence-corrected chi connectivity index (χ2v) is 7.09. The minimum absolute atomic E-state index is 0.0274. The molecule has 0 spiro atoms. The van der Waals surface area contributed by atoms with Gasteiger partial charge in [-0.2, -0.15) is 4.98 Å². The van der Waals surface area contributed by atoms with Crippen molar-refractivity contribution in [2.45, 2.75) is 13.1 Å². The highest BCUT2D eigenvalue weighted by atomic mass is 19.1. The summed E-state index contributed by atoms with van der Waals surface area (Å²) in [4.78, 5) is 42.8. The summed E-state index contributed by atoms with van der Waals surface area (Å²) < 4.78 is 16.9. The third-order valence-electron chi connectivity index (χ3n) is 5.09. The van der Waals surface area contributed by atoms with Crippen LogP contribution in [0.4, 0.5) is 16.0 Å². The summed E-state index contributed by atoms with van der Waals surface area (Å²) in [5.41, 5.74) is 12.0. The molecule has 0 saturated heterocycles. The van der Waals surface area contributed by atoms with Gasteiger partial charge in [0.15, 0.2) is 16.9 Å². The van der Waals surface area contributed by atoms with Crippen molar-refractivity contribution in [2.24, 2.45) is 7.05 Å². The Morgan fingerprint density at radius 3 is 2.52 bits per heavy atom. The van der Waals surface area contributed by atoms with Crippen molar-refractivity contribution in [1.29, 1.82) is 0 Å². The number of benzene rings is 2. The lowest BCUT2D eigenvalue weighted by Gasteiger charge is -2.11. The molecule has 4 aromatic rings. The Labute approximate surface area is 175 Å². The van der Waals surface area contributed by atoms with Crippen molar-refractivity contribution in [1.82, 2.24) is 18.7 Å². The van der Waals surface area contributed by atoms with Crippen LogP contribution >= 0.6 is 0 Å². The molecule has 10 heteroatoms. The molecule has 4 N–H and O–H groups in total. The molecule has 0 unspecified atom stereocenters. The van der Waals surface area contributed by atoms with Crippen molar-refractivity contribution >= 4 is 28.6 Å². The minimum atomic E-state index is -0.730. The number of imidazole rings is 1. The van der Waals surface area contributed by atoms with Crippen molar-refractivity contribution in [3.63, 3.8) is 0 Å². The highest BCUT2D eigenvalue weighted by Crippen LogP contribution is 2.18. The van der Waals surface area contributed by atoms with Crippen LogP contribution in [0, 0.1) is 5.82 Å². The Bertz CT molecular complexity index is 1450. The smallest absolute Gasteiger partial charge is 0.332 e. The Morgan fingerprint density at radius 2 is 1.81 bits per heavy atom. The first kappa shape index (κ1) is 20.1. The lowest BCUT2D eigenvalue weighted by atomic mass is 10.1. The second-order valence-electron chi connectivity index (χ2n) is 7.09. The molecule has 2 aromatic heterocycles. The van der Waals surface area contributed by atoms with Gasteiger partial charge in [0.1, 0.15) is 5.82 Å². The van der Waals surface area contributed by atoms with E-state index in [1.54, 1.807) is 24.3 Å². The molecular formula is C21H19FN6O3. The van der Waals surface area contributed by atoms with Crippen LogP contribution in [0.5, 0.6) is 0 Å². The second kappa shape index (κ2) is 7.56. The quantitative estimate of drug-likeness (QED) is 0.366. The molecule has 2 aromatic carbocycles. The van der Waals surface area contributed by atoms with Crippen LogP contribution in [0.15, 0.2) is 58.1 Å². The number of nitrogens with zero attached hydrogens (tertiary/aromatic N) is 4. The first-order valence-electron chi connectivity index (χ1n) is 9.35. The van der Waals surface area contributed by atoms with E-state index >= 15 is 0 Å². The normalized spacial score (nSPS) is 11.2. The average Bonchev–Trinajstić information content (AvgIpc) is 3.07. The third kappa shape index (κ3) is 3.48. The molecule has 2 heterocycles. The molecule has 0 radical (unpaired) electrons. The van der Waals surface area contributed by atoms with Gasteiger partial charge in [-0.05, 0) is 23.8 Å². The van der Waals surface area contributed by atoms with E-state index in [1.807, 2.05) is 0 Å². The number of para-hydroxylation sites is 1. The molecular weight excluding hydrogens is 403 g/mol. The maximum Gasteiger partial charge on any atom is 0.332 e. The van der Waals surface area contributed by atoms with Crippen LogP contribution in [-0.4, -0.2) is 24.5 Å². The van der Waals surface area contributed by atoms with E-state index in [1.165, 1.54) is 29.8 Å². The predicted molar refractivity (Wildman–Crippen MR) is 114 cm³/mol. The molecule has 0 aliphatic rings. The van der Waals surface area contributed by atoms with Crippen LogP contribution in [-0.2, 0) is 20.1 Å². The average molecular weight is 422 g/mol. The molecule has 0 aliphatic heterocycles. The van der Waals surface area contributed by atoms with Crippen LogP contribution in [0.25, 0.3) is 11.2 Å². The number of aryl methyl sites for hydroxylation is 1. The van der Waals surface area contributed by atoms with Crippen LogP contribution < -0.4 is 22.7 Å². The largest absolute Gasteiger partial charge is 0.398 e. The number of hydrogen-bond donors (Lipinski definition) is 2. The molecule has 9 nitrogen and oxygen atoms in total. The highest BCUT2D eigenvalue weighted by molar-refractivity contribution is 5.96. The van der Waals surface area contributed by atoms with Crippen molar-refractivity contribution in [3.05, 3.63) is 86.3 Å². The zero-order valence-electron chi connectivity index (χ0n) is 16.6. The van der Waals surface area contributed by atoms with E-state index in [0.717, 1.165) is 15.2 Å². The zero-order chi connectivity index (χ0) is 22.3. The number of hydrogen-bond acceptors (Lipinski definition) is 6. The SMILES string of the molecule is Cn1c(=O)n(CC(=O)c2cccc(F)c2)c(=O)c2c1nc(N)n2Cc1ccccc1N. The van der Waals surface area contributed by atoms with Crippen LogP contribution in [0.1, 0.15) is 15.9 Å². The highest BCUT2D eigenvalue weighted by Gasteiger charge is 2.21. The molecule has 31 heavy (non-hydrogen) atoms. The molecule has 0 amide bonds. The standard InChI is InChI=1S/C21H19FN6O3/c1-26-18-17(27(20(24)25-18)10-13-5-2-3-8-15(13)23)19(30)28(21(26)31)11-16(29)12-6-4-7-14(22)9-12/h2-9H,10-11,23H2,1H3,(H2,24,25). The van der Waals surface area contributed by atoms with Crippen molar-refractivity contribution in [2.75, 3.05) is 11.5 Å². The molecule has 0 atom stereocenters. The van der Waals surface area contributed by atoms with E-state index in [-0.39, 0.29) is 29.2 Å². The Morgan fingerprint density at radius 1 is 1.06 bits per heavy atom. The van der Waals surface area contributed by atoms with E-state index in [9.17, 15) is 18.8 Å². The first-order chi connectivity index (χ1) is 14.8. The fraction of sp³-hybridized carbons (Fsp3) is 0.143. The van der Waals surface area contributed by atoms with Crippen molar-refractivity contribution in [3.8, 4) is 0 Å². The van der Waals surface area contributed by atoms with Gasteiger partial charge in [-0.25, -0.2) is 9.18 Å². The number of ketones is 1. The lowest BCUT2D eigenvalue weighted by molar-refractivity contribution is 0.0968. The number of carbonyl (C=O) groups excluding carboxylic acids is 1. The summed E-state index contributed by atoms with van der Waals surface area (Å²) >= 11 is 0. The van der Waals surface area contributed by atoms with Gasteiger partial charge in [-0.1, -0.05) is 30.3 Å². The monoisotopic (exact) mass is 422 g/mol. The summed E-state index contributed by atoms with van der Waals surface area (Å²) in [6, 6.07) is 12.1. The number of Topliss-reactive ketones (excluding diaryl/α,β-unsaturated/α-hetero) is 1. The Hall–Kier alpha value is -4.21. The van der Waals surface area contributed by atoms with Crippen LogP contribution in [0.2, 0.25) is 0 Å². The maximum absolute atomic E-state index is 13.5. The number of fused-ring (bicyclic) bond motifs is 1. The van der Waals surface area contributed by atoms with Gasteiger partial charge in [-0.15, -0.1) is 0 Å². The summed E-state index contributed by atoms with van der Waals surface area (Å²) in [6.07, 6.45) is 0. The number of aromatic nitrogens is 4. The molecule has 0 aliphatic carbocycles. The molecule has 0 bridgehead atoms. The van der Waals surface area contributed by atoms with Gasteiger partial charge in [-0.3, -0.25) is 23.3 Å². The fourth-order valence-electron chi connectivity index (χ4n) is 3.43. The topological polar surface area (TPSA) is 131 Å². The van der Waals surface area contributed by atoms with Gasteiger partial charge in [0.25, 0.3) is 5.56 Å². The van der Waals surface area contributed by atoms with Gasteiger partial charge in [0.05, 0.1) is 13.1 Å². The summed E-state index contributed by atoms with van der Waals surface area (Å²) in [7, 11) is 1.43. The van der Waals surface area contributed by atoms with Gasteiger partial charge >= 0.3 is 5.69 Å². The molecule has 0 saturated carbocycles. The van der Waals surface area contributed by atoms with E-state index in [0.29, 0.717) is 11.3 Å². The van der Waals surface area contributed by atoms with Gasteiger partial charge in [0, 0.05) is 18.3 Å². The number of anilines is 2. The van der Waals surface area contributed by atoms with E-state index < -0.39 is 29.4 Å². The third-order valence-corrected chi connectivity index (χ3v) is 5.09. The molecule has 0 fully saturated rings. The number of halogens is 1. The minimum Gasteiger partial charge on any atom is -0.398 e. The number of rotatable bonds is 5. The maximum atomic E-state index is 13.5. The Balaban J connectivity index is 1.86. The number of nitrogen functional groups attached to an aromatic ring is 2. The lowest BCUT2D eigenvalue weighted by Crippen LogP contribution is -2.41. The first-order valence-corrected chi connectivity index (χ1v) is 9.35. The molecule has 4 rings (SSSR count). The predicted octanol–water partition coefficient (Wildman–Crippen LogP) is 1.13.